The Morgan fingerprint density at radius 1 is 1.13 bits per heavy atom. The van der Waals surface area contributed by atoms with Gasteiger partial charge in [0.1, 0.15) is 11.5 Å². The Morgan fingerprint density at radius 2 is 2.00 bits per heavy atom. The zero-order valence-electron chi connectivity index (χ0n) is 13.5. The summed E-state index contributed by atoms with van der Waals surface area (Å²) in [5.74, 6) is 2.04. The smallest absolute Gasteiger partial charge is 0.187 e. The van der Waals surface area contributed by atoms with Gasteiger partial charge in [0, 0.05) is 18.2 Å². The molecule has 1 aliphatic rings. The Labute approximate surface area is 135 Å². The number of benzene rings is 1. The molecule has 0 bridgehead atoms. The first-order valence-electron chi connectivity index (χ1n) is 7.88. The second kappa shape index (κ2) is 5.19. The Morgan fingerprint density at radius 3 is 2.83 bits per heavy atom. The van der Waals surface area contributed by atoms with Crippen LogP contribution < -0.4 is 5.32 Å². The lowest BCUT2D eigenvalue weighted by atomic mass is 10.1. The van der Waals surface area contributed by atoms with Crippen LogP contribution in [-0.4, -0.2) is 26.3 Å². The molecular weight excluding hydrogens is 286 g/mol. The molecule has 0 spiro atoms. The van der Waals surface area contributed by atoms with E-state index >= 15 is 0 Å². The maximum atomic E-state index is 4.63. The Bertz CT molecular complexity index is 881. The molecule has 3 aromatic rings. The van der Waals surface area contributed by atoms with E-state index in [9.17, 15) is 0 Å². The van der Waals surface area contributed by atoms with Gasteiger partial charge in [-0.15, -0.1) is 10.2 Å². The maximum Gasteiger partial charge on any atom is 0.187 e. The van der Waals surface area contributed by atoms with Crippen molar-refractivity contribution < 1.29 is 0 Å². The molecule has 1 aromatic carbocycles. The summed E-state index contributed by atoms with van der Waals surface area (Å²) in [6.45, 7) is 7.10. The molecule has 0 saturated carbocycles. The number of nitrogens with one attached hydrogen (secondary N) is 1. The second-order valence-corrected chi connectivity index (χ2v) is 6.18. The molecule has 1 aliphatic heterocycles. The van der Waals surface area contributed by atoms with Gasteiger partial charge in [0.15, 0.2) is 5.82 Å². The SMILES string of the molecule is Cc1ccc2c(c1)-n1c(-c3cccc(C)n3)nnc1C(C)CN2. The van der Waals surface area contributed by atoms with Gasteiger partial charge in [-0.25, -0.2) is 4.98 Å². The fourth-order valence-electron chi connectivity index (χ4n) is 3.02. The van der Waals surface area contributed by atoms with Gasteiger partial charge in [0.05, 0.1) is 11.4 Å². The number of aromatic nitrogens is 4. The minimum Gasteiger partial charge on any atom is -0.383 e. The number of rotatable bonds is 1. The van der Waals surface area contributed by atoms with Crippen LogP contribution in [0.2, 0.25) is 0 Å². The number of hydrogen-bond acceptors (Lipinski definition) is 4. The van der Waals surface area contributed by atoms with Crippen LogP contribution in [0, 0.1) is 13.8 Å². The molecule has 2 aromatic heterocycles. The third-order valence-electron chi connectivity index (χ3n) is 4.24. The van der Waals surface area contributed by atoms with Crippen molar-refractivity contribution in [2.24, 2.45) is 0 Å². The van der Waals surface area contributed by atoms with Crippen molar-refractivity contribution in [2.45, 2.75) is 26.7 Å². The lowest BCUT2D eigenvalue weighted by Crippen LogP contribution is -2.09. The lowest BCUT2D eigenvalue weighted by Gasteiger charge is -2.13. The van der Waals surface area contributed by atoms with Crippen molar-refractivity contribution >= 4 is 5.69 Å². The Hall–Kier alpha value is -2.69. The largest absolute Gasteiger partial charge is 0.383 e. The standard InChI is InChI=1S/C18H19N5/c1-11-7-8-14-16(9-11)23-17(12(2)10-19-14)21-22-18(23)15-6-4-5-13(3)20-15/h4-9,12,19H,10H2,1-3H3. The topological polar surface area (TPSA) is 55.6 Å². The van der Waals surface area contributed by atoms with Crippen molar-refractivity contribution in [1.29, 1.82) is 0 Å². The summed E-state index contributed by atoms with van der Waals surface area (Å²) in [6.07, 6.45) is 0. The lowest BCUT2D eigenvalue weighted by molar-refractivity contribution is 0.725. The number of pyridine rings is 1. The fraction of sp³-hybridized carbons (Fsp3) is 0.278. The number of fused-ring (bicyclic) bond motifs is 3. The van der Waals surface area contributed by atoms with Gasteiger partial charge in [0.25, 0.3) is 0 Å². The van der Waals surface area contributed by atoms with Crippen LogP contribution in [0.5, 0.6) is 0 Å². The van der Waals surface area contributed by atoms with Gasteiger partial charge in [-0.3, -0.25) is 4.57 Å². The molecule has 1 atom stereocenters. The molecule has 5 heteroatoms. The number of hydrogen-bond donors (Lipinski definition) is 1. The molecule has 0 saturated heterocycles. The van der Waals surface area contributed by atoms with Crippen LogP contribution >= 0.6 is 0 Å². The highest BCUT2D eigenvalue weighted by atomic mass is 15.3. The molecule has 1 unspecified atom stereocenters. The third kappa shape index (κ3) is 2.29. The predicted molar refractivity (Wildman–Crippen MR) is 91.0 cm³/mol. The normalized spacial score (nSPS) is 16.2. The molecule has 0 aliphatic carbocycles. The number of anilines is 1. The summed E-state index contributed by atoms with van der Waals surface area (Å²) in [4.78, 5) is 4.63. The van der Waals surface area contributed by atoms with Crippen molar-refractivity contribution in [2.75, 3.05) is 11.9 Å². The summed E-state index contributed by atoms with van der Waals surface area (Å²) in [6, 6.07) is 12.4. The summed E-state index contributed by atoms with van der Waals surface area (Å²) >= 11 is 0. The first kappa shape index (κ1) is 13.9. The molecule has 4 rings (SSSR count). The molecule has 3 heterocycles. The second-order valence-electron chi connectivity index (χ2n) is 6.18. The van der Waals surface area contributed by atoms with Crippen molar-refractivity contribution in [3.63, 3.8) is 0 Å². The van der Waals surface area contributed by atoms with Crippen LogP contribution in [0.1, 0.15) is 29.9 Å². The first-order chi connectivity index (χ1) is 11.1. The minimum absolute atomic E-state index is 0.272. The van der Waals surface area contributed by atoms with Gasteiger partial charge in [-0.2, -0.15) is 0 Å². The van der Waals surface area contributed by atoms with E-state index in [0.717, 1.165) is 41.0 Å². The average Bonchev–Trinajstić information content (AvgIpc) is 2.93. The highest BCUT2D eigenvalue weighted by Crippen LogP contribution is 2.33. The van der Waals surface area contributed by atoms with Crippen LogP contribution in [0.4, 0.5) is 5.69 Å². The molecule has 0 radical (unpaired) electrons. The fourth-order valence-corrected chi connectivity index (χ4v) is 3.02. The van der Waals surface area contributed by atoms with E-state index in [4.69, 9.17) is 0 Å². The van der Waals surface area contributed by atoms with E-state index in [2.05, 4.69) is 57.1 Å². The van der Waals surface area contributed by atoms with Crippen molar-refractivity contribution in [3.05, 3.63) is 53.5 Å². The number of nitrogens with zero attached hydrogens (tertiary/aromatic N) is 4. The molecular formula is C18H19N5. The molecule has 116 valence electrons. The van der Waals surface area contributed by atoms with E-state index in [1.54, 1.807) is 0 Å². The van der Waals surface area contributed by atoms with Gasteiger partial charge in [0.2, 0.25) is 0 Å². The van der Waals surface area contributed by atoms with E-state index < -0.39 is 0 Å². The maximum absolute atomic E-state index is 4.63. The van der Waals surface area contributed by atoms with Gasteiger partial charge < -0.3 is 5.32 Å². The van der Waals surface area contributed by atoms with Crippen LogP contribution in [0.15, 0.2) is 36.4 Å². The molecule has 0 amide bonds. The molecule has 1 N–H and O–H groups in total. The zero-order valence-corrected chi connectivity index (χ0v) is 13.5. The summed E-state index contributed by atoms with van der Waals surface area (Å²) in [5.41, 5.74) is 5.24. The van der Waals surface area contributed by atoms with E-state index in [1.807, 2.05) is 25.1 Å². The van der Waals surface area contributed by atoms with Crippen LogP contribution in [0.3, 0.4) is 0 Å². The van der Waals surface area contributed by atoms with Crippen molar-refractivity contribution in [3.8, 4) is 17.2 Å². The minimum atomic E-state index is 0.272. The molecule has 0 fully saturated rings. The quantitative estimate of drug-likeness (QED) is 0.748. The van der Waals surface area contributed by atoms with E-state index in [0.29, 0.717) is 0 Å². The third-order valence-corrected chi connectivity index (χ3v) is 4.24. The first-order valence-corrected chi connectivity index (χ1v) is 7.88. The van der Waals surface area contributed by atoms with Gasteiger partial charge in [-0.1, -0.05) is 19.1 Å². The molecule has 5 nitrogen and oxygen atoms in total. The summed E-state index contributed by atoms with van der Waals surface area (Å²) in [5, 5.41) is 12.4. The highest BCUT2D eigenvalue weighted by molar-refractivity contribution is 5.67. The highest BCUT2D eigenvalue weighted by Gasteiger charge is 2.25. The predicted octanol–water partition coefficient (Wildman–Crippen LogP) is 3.48. The van der Waals surface area contributed by atoms with Gasteiger partial charge >= 0.3 is 0 Å². The van der Waals surface area contributed by atoms with E-state index in [1.165, 1.54) is 5.56 Å². The van der Waals surface area contributed by atoms with Crippen LogP contribution in [0.25, 0.3) is 17.2 Å². The summed E-state index contributed by atoms with van der Waals surface area (Å²) in [7, 11) is 0. The monoisotopic (exact) mass is 305 g/mol. The number of aryl methyl sites for hydroxylation is 2. The average molecular weight is 305 g/mol. The van der Waals surface area contributed by atoms with E-state index in [-0.39, 0.29) is 5.92 Å². The van der Waals surface area contributed by atoms with Crippen molar-refractivity contribution in [1.82, 2.24) is 19.7 Å². The molecule has 23 heavy (non-hydrogen) atoms. The zero-order chi connectivity index (χ0) is 16.0. The Kier molecular flexibility index (Phi) is 3.15. The Balaban J connectivity index is 2.01. The van der Waals surface area contributed by atoms with Gasteiger partial charge in [-0.05, 0) is 43.7 Å². The summed E-state index contributed by atoms with van der Waals surface area (Å²) < 4.78 is 2.15. The van der Waals surface area contributed by atoms with Crippen LogP contribution in [-0.2, 0) is 0 Å².